The highest BCUT2D eigenvalue weighted by molar-refractivity contribution is 6.34. The quantitative estimate of drug-likeness (QED) is 0.799. The lowest BCUT2D eigenvalue weighted by Gasteiger charge is -2.09. The fraction of sp³-hybridized carbons (Fsp3) is 0.286. The molecule has 0 spiro atoms. The SMILES string of the molecule is CCc1c(Cl)nc(-c2cc(OC)cc(OC)c2)nc1Cl. The van der Waals surface area contributed by atoms with Crippen LogP contribution in [0.2, 0.25) is 10.3 Å². The number of rotatable bonds is 4. The summed E-state index contributed by atoms with van der Waals surface area (Å²) in [7, 11) is 3.17. The van der Waals surface area contributed by atoms with E-state index in [1.54, 1.807) is 32.4 Å². The molecule has 4 nitrogen and oxygen atoms in total. The van der Waals surface area contributed by atoms with Crippen LogP contribution in [0.4, 0.5) is 0 Å². The summed E-state index contributed by atoms with van der Waals surface area (Å²) in [5.74, 6) is 1.74. The topological polar surface area (TPSA) is 44.2 Å². The van der Waals surface area contributed by atoms with Crippen LogP contribution in [0.5, 0.6) is 11.5 Å². The molecule has 20 heavy (non-hydrogen) atoms. The highest BCUT2D eigenvalue weighted by atomic mass is 35.5. The van der Waals surface area contributed by atoms with E-state index in [1.165, 1.54) is 0 Å². The van der Waals surface area contributed by atoms with Gasteiger partial charge in [0.05, 0.1) is 14.2 Å². The molecule has 2 aromatic rings. The van der Waals surface area contributed by atoms with E-state index >= 15 is 0 Å². The van der Waals surface area contributed by atoms with Crippen LogP contribution in [0.25, 0.3) is 11.4 Å². The number of hydrogen-bond acceptors (Lipinski definition) is 4. The fourth-order valence-electron chi connectivity index (χ4n) is 1.79. The summed E-state index contributed by atoms with van der Waals surface area (Å²) in [6.45, 7) is 1.95. The number of halogens is 2. The highest BCUT2D eigenvalue weighted by Gasteiger charge is 2.13. The standard InChI is InChI=1S/C14H14Cl2N2O2/c1-4-11-12(15)17-14(18-13(11)16)8-5-9(19-2)7-10(6-8)20-3/h5-7H,4H2,1-3H3. The van der Waals surface area contributed by atoms with E-state index in [4.69, 9.17) is 32.7 Å². The Morgan fingerprint density at radius 1 is 0.950 bits per heavy atom. The van der Waals surface area contributed by atoms with E-state index < -0.39 is 0 Å². The molecule has 0 saturated heterocycles. The predicted molar refractivity (Wildman–Crippen MR) is 80.0 cm³/mol. The number of nitrogens with zero attached hydrogens (tertiary/aromatic N) is 2. The third kappa shape index (κ3) is 2.97. The molecule has 0 fully saturated rings. The maximum absolute atomic E-state index is 6.13. The Hall–Kier alpha value is -1.52. The minimum atomic E-state index is 0.365. The molecule has 6 heteroatoms. The second-order valence-corrected chi connectivity index (χ2v) is 4.78. The molecule has 0 saturated carbocycles. The first-order valence-electron chi connectivity index (χ1n) is 6.04. The van der Waals surface area contributed by atoms with E-state index in [1.807, 2.05) is 6.92 Å². The first kappa shape index (κ1) is 14.9. The van der Waals surface area contributed by atoms with Crippen molar-refractivity contribution in [1.29, 1.82) is 0 Å². The summed E-state index contributed by atoms with van der Waals surface area (Å²) in [5, 5.41) is 0.730. The Bertz CT molecular complexity index is 587. The summed E-state index contributed by atoms with van der Waals surface area (Å²) in [6, 6.07) is 5.37. The highest BCUT2D eigenvalue weighted by Crippen LogP contribution is 2.31. The van der Waals surface area contributed by atoms with Crippen LogP contribution in [0, 0.1) is 0 Å². The van der Waals surface area contributed by atoms with Gasteiger partial charge in [0, 0.05) is 17.2 Å². The van der Waals surface area contributed by atoms with Gasteiger partial charge in [0.1, 0.15) is 21.8 Å². The molecule has 1 heterocycles. The number of ether oxygens (including phenoxy) is 2. The van der Waals surface area contributed by atoms with Crippen molar-refractivity contribution in [2.75, 3.05) is 14.2 Å². The zero-order chi connectivity index (χ0) is 14.7. The molecule has 0 bridgehead atoms. The summed E-state index contributed by atoms with van der Waals surface area (Å²) in [6.07, 6.45) is 0.680. The van der Waals surface area contributed by atoms with Gasteiger partial charge in [-0.05, 0) is 18.6 Å². The normalized spacial score (nSPS) is 10.4. The third-order valence-electron chi connectivity index (χ3n) is 2.87. The molecule has 0 N–H and O–H groups in total. The Balaban J connectivity index is 2.56. The summed E-state index contributed by atoms with van der Waals surface area (Å²) in [4.78, 5) is 8.57. The first-order chi connectivity index (χ1) is 9.58. The maximum Gasteiger partial charge on any atom is 0.162 e. The minimum Gasteiger partial charge on any atom is -0.497 e. The van der Waals surface area contributed by atoms with E-state index in [9.17, 15) is 0 Å². The number of benzene rings is 1. The molecule has 0 aliphatic carbocycles. The van der Waals surface area contributed by atoms with Crippen LogP contribution in [-0.4, -0.2) is 24.2 Å². The molecular formula is C14H14Cl2N2O2. The first-order valence-corrected chi connectivity index (χ1v) is 6.80. The Morgan fingerprint density at radius 3 is 1.85 bits per heavy atom. The van der Waals surface area contributed by atoms with Gasteiger partial charge in [-0.2, -0.15) is 0 Å². The Morgan fingerprint density at radius 2 is 1.45 bits per heavy atom. The van der Waals surface area contributed by atoms with Gasteiger partial charge in [-0.1, -0.05) is 30.1 Å². The van der Waals surface area contributed by atoms with Crippen LogP contribution in [0.15, 0.2) is 18.2 Å². The monoisotopic (exact) mass is 312 g/mol. The van der Waals surface area contributed by atoms with Gasteiger partial charge in [0.2, 0.25) is 0 Å². The van der Waals surface area contributed by atoms with Gasteiger partial charge < -0.3 is 9.47 Å². The average Bonchev–Trinajstić information content (AvgIpc) is 2.46. The van der Waals surface area contributed by atoms with Crippen LogP contribution < -0.4 is 9.47 Å². The lowest BCUT2D eigenvalue weighted by molar-refractivity contribution is 0.394. The maximum atomic E-state index is 6.13. The summed E-state index contributed by atoms with van der Waals surface area (Å²) in [5.41, 5.74) is 1.47. The van der Waals surface area contributed by atoms with E-state index in [2.05, 4.69) is 9.97 Å². The Kier molecular flexibility index (Phi) is 4.68. The van der Waals surface area contributed by atoms with E-state index in [0.29, 0.717) is 34.1 Å². The lowest BCUT2D eigenvalue weighted by Crippen LogP contribution is -1.97. The third-order valence-corrected chi connectivity index (χ3v) is 3.49. The van der Waals surface area contributed by atoms with Gasteiger partial charge in [-0.25, -0.2) is 9.97 Å². The predicted octanol–water partition coefficient (Wildman–Crippen LogP) is 4.03. The van der Waals surface area contributed by atoms with Crippen molar-refractivity contribution in [3.05, 3.63) is 34.1 Å². The van der Waals surface area contributed by atoms with Crippen molar-refractivity contribution < 1.29 is 9.47 Å². The smallest absolute Gasteiger partial charge is 0.162 e. The van der Waals surface area contributed by atoms with Crippen LogP contribution in [-0.2, 0) is 6.42 Å². The minimum absolute atomic E-state index is 0.365. The molecule has 1 aromatic heterocycles. The van der Waals surface area contributed by atoms with Gasteiger partial charge in [-0.15, -0.1) is 0 Å². The molecule has 0 atom stereocenters. The van der Waals surface area contributed by atoms with Crippen molar-refractivity contribution >= 4 is 23.2 Å². The zero-order valence-electron chi connectivity index (χ0n) is 11.4. The number of aromatic nitrogens is 2. The van der Waals surface area contributed by atoms with Crippen molar-refractivity contribution in [1.82, 2.24) is 9.97 Å². The van der Waals surface area contributed by atoms with Gasteiger partial charge in [0.15, 0.2) is 5.82 Å². The summed E-state index contributed by atoms with van der Waals surface area (Å²) >= 11 is 12.3. The summed E-state index contributed by atoms with van der Waals surface area (Å²) < 4.78 is 10.4. The number of hydrogen-bond donors (Lipinski definition) is 0. The molecule has 2 rings (SSSR count). The van der Waals surface area contributed by atoms with Gasteiger partial charge in [-0.3, -0.25) is 0 Å². The fourth-order valence-corrected chi connectivity index (χ4v) is 2.44. The van der Waals surface area contributed by atoms with E-state index in [-0.39, 0.29) is 0 Å². The van der Waals surface area contributed by atoms with E-state index in [0.717, 1.165) is 11.1 Å². The molecule has 0 aliphatic heterocycles. The lowest BCUT2D eigenvalue weighted by atomic mass is 10.1. The second kappa shape index (κ2) is 6.29. The molecular weight excluding hydrogens is 299 g/mol. The van der Waals surface area contributed by atoms with Gasteiger partial charge >= 0.3 is 0 Å². The molecule has 0 aliphatic rings. The van der Waals surface area contributed by atoms with Crippen LogP contribution >= 0.6 is 23.2 Å². The zero-order valence-corrected chi connectivity index (χ0v) is 12.9. The van der Waals surface area contributed by atoms with Crippen LogP contribution in [0.3, 0.4) is 0 Å². The Labute approximate surface area is 127 Å². The van der Waals surface area contributed by atoms with Gasteiger partial charge in [0.25, 0.3) is 0 Å². The van der Waals surface area contributed by atoms with Crippen molar-refractivity contribution in [2.45, 2.75) is 13.3 Å². The largest absolute Gasteiger partial charge is 0.497 e. The van der Waals surface area contributed by atoms with Crippen molar-refractivity contribution in [3.8, 4) is 22.9 Å². The van der Waals surface area contributed by atoms with Crippen molar-refractivity contribution in [3.63, 3.8) is 0 Å². The molecule has 0 amide bonds. The number of methoxy groups -OCH3 is 2. The average molecular weight is 313 g/mol. The van der Waals surface area contributed by atoms with Crippen molar-refractivity contribution in [2.24, 2.45) is 0 Å². The molecule has 0 radical (unpaired) electrons. The van der Waals surface area contributed by atoms with Crippen LogP contribution in [0.1, 0.15) is 12.5 Å². The molecule has 0 unspecified atom stereocenters. The molecule has 1 aromatic carbocycles. The second-order valence-electron chi connectivity index (χ2n) is 4.06. The molecule has 106 valence electrons.